The third kappa shape index (κ3) is 6.51. The molecule has 2 N–H and O–H groups in total. The van der Waals surface area contributed by atoms with Gasteiger partial charge in [-0.1, -0.05) is 0 Å². The van der Waals surface area contributed by atoms with E-state index >= 15 is 0 Å². The second kappa shape index (κ2) is 9.30. The highest BCUT2D eigenvalue weighted by atomic mass is 32.2. The maximum atomic E-state index is 11.6. The number of likely N-dealkylation sites (N-methyl/N-ethyl adjacent to an activating group) is 1. The number of hydrogen-bond acceptors (Lipinski definition) is 4. The maximum absolute atomic E-state index is 11.6. The van der Waals surface area contributed by atoms with E-state index in [2.05, 4.69) is 15.6 Å². The van der Waals surface area contributed by atoms with Crippen molar-refractivity contribution in [3.8, 4) is 0 Å². The van der Waals surface area contributed by atoms with Gasteiger partial charge in [-0.2, -0.15) is 11.8 Å². The Morgan fingerprint density at radius 2 is 2.25 bits per heavy atom. The van der Waals surface area contributed by atoms with Crippen molar-refractivity contribution in [2.24, 2.45) is 4.99 Å². The van der Waals surface area contributed by atoms with E-state index in [-0.39, 0.29) is 12.5 Å². The molecule has 1 heterocycles. The lowest BCUT2D eigenvalue weighted by molar-refractivity contribution is -0.127. The predicted molar refractivity (Wildman–Crippen MR) is 82.9 cm³/mol. The van der Waals surface area contributed by atoms with Crippen molar-refractivity contribution >= 4 is 23.6 Å². The summed E-state index contributed by atoms with van der Waals surface area (Å²) in [6, 6.07) is 3.72. The third-order valence-electron chi connectivity index (χ3n) is 2.48. The summed E-state index contributed by atoms with van der Waals surface area (Å²) < 4.78 is 5.25. The first kappa shape index (κ1) is 16.4. The molecule has 1 rings (SSSR count). The van der Waals surface area contributed by atoms with Crippen LogP contribution in [0.15, 0.2) is 27.8 Å². The summed E-state index contributed by atoms with van der Waals surface area (Å²) in [6.45, 7) is 1.45. The second-order valence-corrected chi connectivity index (χ2v) is 5.29. The summed E-state index contributed by atoms with van der Waals surface area (Å²) in [5, 5.41) is 6.32. The van der Waals surface area contributed by atoms with Crippen LogP contribution in [0.1, 0.15) is 5.76 Å². The number of carbonyl (C=O) groups excluding carboxylic acids is 1. The molecule has 0 radical (unpaired) electrons. The molecule has 0 aromatic carbocycles. The van der Waals surface area contributed by atoms with Crippen molar-refractivity contribution in [1.29, 1.82) is 0 Å². The summed E-state index contributed by atoms with van der Waals surface area (Å²) >= 11 is 1.75. The highest BCUT2D eigenvalue weighted by Crippen LogP contribution is 1.98. The molecule has 0 fully saturated rings. The second-order valence-electron chi connectivity index (χ2n) is 4.31. The van der Waals surface area contributed by atoms with Gasteiger partial charge in [-0.3, -0.25) is 4.79 Å². The molecule has 20 heavy (non-hydrogen) atoms. The molecule has 0 saturated carbocycles. The predicted octanol–water partition coefficient (Wildman–Crippen LogP) is 0.766. The van der Waals surface area contributed by atoms with Crippen LogP contribution in [0.25, 0.3) is 0 Å². The zero-order chi connectivity index (χ0) is 14.8. The lowest BCUT2D eigenvalue weighted by atomic mass is 10.4. The van der Waals surface area contributed by atoms with E-state index in [0.29, 0.717) is 12.5 Å². The fourth-order valence-corrected chi connectivity index (χ4v) is 1.62. The highest BCUT2D eigenvalue weighted by molar-refractivity contribution is 7.98. The quantitative estimate of drug-likeness (QED) is 0.442. The zero-order valence-electron chi connectivity index (χ0n) is 12.2. The van der Waals surface area contributed by atoms with E-state index in [4.69, 9.17) is 4.42 Å². The number of thioether (sulfide) groups is 1. The zero-order valence-corrected chi connectivity index (χ0v) is 13.0. The number of rotatable bonds is 7. The number of guanidine groups is 1. The van der Waals surface area contributed by atoms with Crippen LogP contribution >= 0.6 is 11.8 Å². The van der Waals surface area contributed by atoms with Gasteiger partial charge in [0.05, 0.1) is 12.8 Å². The van der Waals surface area contributed by atoms with Crippen molar-refractivity contribution in [3.05, 3.63) is 24.2 Å². The molecule has 1 aromatic heterocycles. The normalized spacial score (nSPS) is 11.2. The number of furan rings is 1. The highest BCUT2D eigenvalue weighted by Gasteiger charge is 2.05. The Balaban J connectivity index is 2.49. The third-order valence-corrected chi connectivity index (χ3v) is 3.09. The Morgan fingerprint density at radius 3 is 2.85 bits per heavy atom. The van der Waals surface area contributed by atoms with Gasteiger partial charge in [-0.05, 0) is 18.4 Å². The van der Waals surface area contributed by atoms with Gasteiger partial charge in [0.1, 0.15) is 12.3 Å². The first-order valence-corrected chi connectivity index (χ1v) is 7.76. The summed E-state index contributed by atoms with van der Waals surface area (Å²) in [5.74, 6) is 2.38. The number of nitrogens with one attached hydrogen (secondary N) is 2. The minimum Gasteiger partial charge on any atom is -0.467 e. The molecule has 0 unspecified atom stereocenters. The van der Waals surface area contributed by atoms with E-state index in [0.717, 1.165) is 18.1 Å². The number of amides is 1. The monoisotopic (exact) mass is 298 g/mol. The Morgan fingerprint density at radius 1 is 1.45 bits per heavy atom. The first-order chi connectivity index (χ1) is 9.63. The molecule has 1 amide bonds. The Bertz CT molecular complexity index is 418. The number of carbonyl (C=O) groups is 1. The van der Waals surface area contributed by atoms with Gasteiger partial charge in [-0.15, -0.1) is 0 Å². The Hall–Kier alpha value is -1.63. The van der Waals surface area contributed by atoms with Crippen LogP contribution < -0.4 is 10.6 Å². The van der Waals surface area contributed by atoms with Crippen LogP contribution in [0.4, 0.5) is 0 Å². The van der Waals surface area contributed by atoms with Gasteiger partial charge in [-0.25, -0.2) is 4.99 Å². The molecule has 0 atom stereocenters. The minimum absolute atomic E-state index is 0.0334. The van der Waals surface area contributed by atoms with E-state index in [1.807, 2.05) is 18.4 Å². The molecule has 6 nitrogen and oxygen atoms in total. The molecule has 0 bridgehead atoms. The van der Waals surface area contributed by atoms with Gasteiger partial charge >= 0.3 is 0 Å². The van der Waals surface area contributed by atoms with Crippen LogP contribution in [0.3, 0.4) is 0 Å². The average Bonchev–Trinajstić information content (AvgIpc) is 2.94. The largest absolute Gasteiger partial charge is 0.467 e. The molecule has 112 valence electrons. The molecule has 0 aliphatic rings. The fraction of sp³-hybridized carbons (Fsp3) is 0.538. The topological polar surface area (TPSA) is 69.9 Å². The lowest BCUT2D eigenvalue weighted by Crippen LogP contribution is -2.39. The van der Waals surface area contributed by atoms with Gasteiger partial charge in [0, 0.05) is 26.4 Å². The summed E-state index contributed by atoms with van der Waals surface area (Å²) in [6.07, 6.45) is 3.68. The molecule has 7 heteroatoms. The van der Waals surface area contributed by atoms with Crippen LogP contribution in [0.2, 0.25) is 0 Å². The smallest absolute Gasteiger partial charge is 0.243 e. The maximum Gasteiger partial charge on any atom is 0.243 e. The van der Waals surface area contributed by atoms with Crippen molar-refractivity contribution in [1.82, 2.24) is 15.5 Å². The number of aliphatic imine (C=N–C) groups is 1. The van der Waals surface area contributed by atoms with Crippen LogP contribution in [0.5, 0.6) is 0 Å². The summed E-state index contributed by atoms with van der Waals surface area (Å²) in [5.41, 5.74) is 0. The van der Waals surface area contributed by atoms with E-state index in [1.54, 1.807) is 32.1 Å². The van der Waals surface area contributed by atoms with Gasteiger partial charge in [0.2, 0.25) is 5.91 Å². The minimum atomic E-state index is -0.0334. The summed E-state index contributed by atoms with van der Waals surface area (Å²) in [7, 11) is 3.43. The molecular formula is C13H22N4O2S. The molecular weight excluding hydrogens is 276 g/mol. The van der Waals surface area contributed by atoms with Gasteiger partial charge < -0.3 is 20.0 Å². The van der Waals surface area contributed by atoms with Crippen LogP contribution in [-0.2, 0) is 11.3 Å². The van der Waals surface area contributed by atoms with Crippen molar-refractivity contribution < 1.29 is 9.21 Å². The first-order valence-electron chi connectivity index (χ1n) is 6.37. The van der Waals surface area contributed by atoms with E-state index in [9.17, 15) is 4.79 Å². The Kier molecular flexibility index (Phi) is 7.64. The standard InChI is InChI=1S/C13H22N4O2S/c1-17(2)12(18)10-16-13(14-6-8-20-3)15-9-11-5-4-7-19-11/h4-5,7H,6,8-10H2,1-3H3,(H2,14,15,16). The van der Waals surface area contributed by atoms with Crippen molar-refractivity contribution in [2.75, 3.05) is 39.2 Å². The van der Waals surface area contributed by atoms with Gasteiger partial charge in [0.15, 0.2) is 5.96 Å². The van der Waals surface area contributed by atoms with Crippen LogP contribution in [-0.4, -0.2) is 56.0 Å². The molecule has 1 aromatic rings. The van der Waals surface area contributed by atoms with E-state index in [1.165, 1.54) is 4.90 Å². The fourth-order valence-electron chi connectivity index (χ4n) is 1.32. The van der Waals surface area contributed by atoms with Crippen molar-refractivity contribution in [2.45, 2.75) is 6.54 Å². The van der Waals surface area contributed by atoms with Crippen molar-refractivity contribution in [3.63, 3.8) is 0 Å². The Labute approximate surface area is 124 Å². The summed E-state index contributed by atoms with van der Waals surface area (Å²) in [4.78, 5) is 17.3. The molecule has 0 aliphatic carbocycles. The van der Waals surface area contributed by atoms with Gasteiger partial charge in [0.25, 0.3) is 0 Å². The lowest BCUT2D eigenvalue weighted by Gasteiger charge is -2.12. The molecule has 0 saturated heterocycles. The van der Waals surface area contributed by atoms with E-state index < -0.39 is 0 Å². The average molecular weight is 298 g/mol. The molecule has 0 aliphatic heterocycles. The number of hydrogen-bond donors (Lipinski definition) is 2. The molecule has 0 spiro atoms. The van der Waals surface area contributed by atoms with Crippen LogP contribution in [0, 0.1) is 0 Å². The SMILES string of the molecule is CSCCNC(=NCC(=O)N(C)C)NCc1ccco1. The number of nitrogens with zero attached hydrogens (tertiary/aromatic N) is 2.